The Hall–Kier alpha value is -0.430. The average molecular weight is 359 g/mol. The van der Waals surface area contributed by atoms with Gasteiger partial charge in [-0.2, -0.15) is 0 Å². The monoisotopic (exact) mass is 358 g/mol. The molecule has 0 radical (unpaired) electrons. The second-order valence-corrected chi connectivity index (χ2v) is 7.72. The first-order valence-corrected chi connectivity index (χ1v) is 8.74. The van der Waals surface area contributed by atoms with Crippen LogP contribution in [0.5, 0.6) is 0 Å². The summed E-state index contributed by atoms with van der Waals surface area (Å²) in [4.78, 5) is 9.22. The van der Waals surface area contributed by atoms with Crippen LogP contribution in [-0.2, 0) is 13.0 Å². The van der Waals surface area contributed by atoms with Crippen molar-refractivity contribution in [1.82, 2.24) is 4.98 Å². The molecule has 1 aliphatic carbocycles. The zero-order valence-electron chi connectivity index (χ0n) is 10.6. The Morgan fingerprint density at radius 2 is 2.42 bits per heavy atom. The zero-order chi connectivity index (χ0) is 13.4. The first-order valence-electron chi connectivity index (χ1n) is 6.25. The molecule has 6 heteroatoms. The standard InChI is InChI=1S/C13H15BrN2OS2/c1-16(6-9-5-8(14)7-18-9)13-15-10-3-2-4-11(17)12(10)19-13/h5,7,11,17H,2-4,6H2,1H3. The predicted molar refractivity (Wildman–Crippen MR) is 84.1 cm³/mol. The van der Waals surface area contributed by atoms with Gasteiger partial charge in [-0.15, -0.1) is 11.3 Å². The highest BCUT2D eigenvalue weighted by atomic mass is 79.9. The first kappa shape index (κ1) is 13.5. The van der Waals surface area contributed by atoms with Crippen LogP contribution in [-0.4, -0.2) is 17.1 Å². The van der Waals surface area contributed by atoms with Gasteiger partial charge in [0.1, 0.15) is 0 Å². The smallest absolute Gasteiger partial charge is 0.185 e. The van der Waals surface area contributed by atoms with Crippen molar-refractivity contribution < 1.29 is 5.11 Å². The van der Waals surface area contributed by atoms with Gasteiger partial charge in [0.25, 0.3) is 0 Å². The maximum atomic E-state index is 10.00. The molecule has 0 saturated carbocycles. The fraction of sp³-hybridized carbons (Fsp3) is 0.462. The van der Waals surface area contributed by atoms with Crippen molar-refractivity contribution in [2.45, 2.75) is 31.9 Å². The number of nitrogens with zero attached hydrogens (tertiary/aromatic N) is 2. The van der Waals surface area contributed by atoms with E-state index in [0.717, 1.165) is 46.0 Å². The lowest BCUT2D eigenvalue weighted by Gasteiger charge is -2.14. The van der Waals surface area contributed by atoms with E-state index in [1.54, 1.807) is 22.7 Å². The van der Waals surface area contributed by atoms with Gasteiger partial charge in [-0.1, -0.05) is 11.3 Å². The highest BCUT2D eigenvalue weighted by molar-refractivity contribution is 9.10. The maximum Gasteiger partial charge on any atom is 0.185 e. The second-order valence-electron chi connectivity index (χ2n) is 4.80. The van der Waals surface area contributed by atoms with E-state index in [0.29, 0.717) is 0 Å². The molecule has 1 atom stereocenters. The van der Waals surface area contributed by atoms with Crippen molar-refractivity contribution in [2.75, 3.05) is 11.9 Å². The lowest BCUT2D eigenvalue weighted by Crippen LogP contribution is -2.15. The number of anilines is 1. The maximum absolute atomic E-state index is 10.00. The molecule has 0 aliphatic heterocycles. The van der Waals surface area contributed by atoms with E-state index in [1.165, 1.54) is 4.88 Å². The number of thiazole rings is 1. The summed E-state index contributed by atoms with van der Waals surface area (Å²) in [6, 6.07) is 2.14. The molecule has 2 aromatic rings. The molecule has 3 rings (SSSR count). The summed E-state index contributed by atoms with van der Waals surface area (Å²) in [5.74, 6) is 0. The van der Waals surface area contributed by atoms with Crippen molar-refractivity contribution in [2.24, 2.45) is 0 Å². The van der Waals surface area contributed by atoms with Crippen LogP contribution in [0.15, 0.2) is 15.9 Å². The highest BCUT2D eigenvalue weighted by Crippen LogP contribution is 2.37. The Morgan fingerprint density at radius 1 is 1.58 bits per heavy atom. The Balaban J connectivity index is 1.78. The Kier molecular flexibility index (Phi) is 3.93. The van der Waals surface area contributed by atoms with Gasteiger partial charge in [0, 0.05) is 21.8 Å². The number of aliphatic hydroxyl groups excluding tert-OH is 1. The normalized spacial score (nSPS) is 18.4. The number of aromatic nitrogens is 1. The van der Waals surface area contributed by atoms with Crippen LogP contribution in [0.1, 0.15) is 34.4 Å². The highest BCUT2D eigenvalue weighted by Gasteiger charge is 2.23. The van der Waals surface area contributed by atoms with Gasteiger partial charge in [-0.25, -0.2) is 4.98 Å². The Labute approximate surface area is 129 Å². The largest absolute Gasteiger partial charge is 0.388 e. The number of halogens is 1. The van der Waals surface area contributed by atoms with Crippen molar-refractivity contribution >= 4 is 43.7 Å². The van der Waals surface area contributed by atoms with Gasteiger partial charge in [0.05, 0.1) is 23.2 Å². The number of aryl methyl sites for hydroxylation is 1. The predicted octanol–water partition coefficient (Wildman–Crippen LogP) is 3.97. The molecule has 1 aliphatic rings. The van der Waals surface area contributed by atoms with Gasteiger partial charge < -0.3 is 10.0 Å². The molecular weight excluding hydrogens is 344 g/mol. The molecule has 0 spiro atoms. The van der Waals surface area contributed by atoms with Crippen molar-refractivity contribution in [3.63, 3.8) is 0 Å². The number of hydrogen-bond acceptors (Lipinski definition) is 5. The summed E-state index contributed by atoms with van der Waals surface area (Å²) in [5, 5.41) is 13.1. The molecule has 2 heterocycles. The molecule has 2 aromatic heterocycles. The van der Waals surface area contributed by atoms with Gasteiger partial charge in [0.15, 0.2) is 5.13 Å². The Morgan fingerprint density at radius 3 is 3.11 bits per heavy atom. The van der Waals surface area contributed by atoms with E-state index in [4.69, 9.17) is 0 Å². The number of rotatable bonds is 3. The summed E-state index contributed by atoms with van der Waals surface area (Å²) in [6.07, 6.45) is 2.61. The minimum absolute atomic E-state index is 0.306. The van der Waals surface area contributed by atoms with Crippen LogP contribution < -0.4 is 4.90 Å². The molecule has 1 unspecified atom stereocenters. The lowest BCUT2D eigenvalue weighted by molar-refractivity contribution is 0.160. The van der Waals surface area contributed by atoms with Crippen molar-refractivity contribution in [3.8, 4) is 0 Å². The van der Waals surface area contributed by atoms with Crippen LogP contribution in [0.4, 0.5) is 5.13 Å². The molecule has 0 saturated heterocycles. The molecule has 19 heavy (non-hydrogen) atoms. The van der Waals surface area contributed by atoms with Gasteiger partial charge >= 0.3 is 0 Å². The molecule has 0 amide bonds. The fourth-order valence-electron chi connectivity index (χ4n) is 2.29. The third-order valence-electron chi connectivity index (χ3n) is 3.25. The van der Waals surface area contributed by atoms with E-state index in [2.05, 4.69) is 44.3 Å². The van der Waals surface area contributed by atoms with Crippen LogP contribution in [0.3, 0.4) is 0 Å². The topological polar surface area (TPSA) is 36.4 Å². The molecule has 0 bridgehead atoms. The summed E-state index contributed by atoms with van der Waals surface area (Å²) < 4.78 is 1.13. The van der Waals surface area contributed by atoms with E-state index < -0.39 is 0 Å². The average Bonchev–Trinajstić information content (AvgIpc) is 2.96. The van der Waals surface area contributed by atoms with Gasteiger partial charge in [0.2, 0.25) is 0 Å². The zero-order valence-corrected chi connectivity index (χ0v) is 13.8. The number of hydrogen-bond donors (Lipinski definition) is 1. The quantitative estimate of drug-likeness (QED) is 0.901. The molecule has 3 nitrogen and oxygen atoms in total. The fourth-order valence-corrected chi connectivity index (χ4v) is 4.88. The summed E-state index contributed by atoms with van der Waals surface area (Å²) in [7, 11) is 2.06. The summed E-state index contributed by atoms with van der Waals surface area (Å²) >= 11 is 6.86. The van der Waals surface area contributed by atoms with Crippen LogP contribution in [0, 0.1) is 0 Å². The lowest BCUT2D eigenvalue weighted by atomic mass is 10.0. The third kappa shape index (κ3) is 2.86. The molecule has 1 N–H and O–H groups in total. The molecular formula is C13H15BrN2OS2. The third-order valence-corrected chi connectivity index (χ3v) is 6.25. The molecule has 0 aromatic carbocycles. The molecule has 0 fully saturated rings. The SMILES string of the molecule is CN(Cc1cc(Br)cs1)c1nc2c(s1)C(O)CCC2. The summed E-state index contributed by atoms with van der Waals surface area (Å²) in [6.45, 7) is 0.860. The minimum atomic E-state index is -0.306. The van der Waals surface area contributed by atoms with Crippen molar-refractivity contribution in [1.29, 1.82) is 0 Å². The summed E-state index contributed by atoms with van der Waals surface area (Å²) in [5.41, 5.74) is 1.10. The van der Waals surface area contributed by atoms with Gasteiger partial charge in [-0.3, -0.25) is 0 Å². The minimum Gasteiger partial charge on any atom is -0.388 e. The van der Waals surface area contributed by atoms with E-state index in [1.807, 2.05) is 0 Å². The van der Waals surface area contributed by atoms with Crippen LogP contribution in [0.25, 0.3) is 0 Å². The van der Waals surface area contributed by atoms with Crippen LogP contribution >= 0.6 is 38.6 Å². The van der Waals surface area contributed by atoms with Crippen molar-refractivity contribution in [3.05, 3.63) is 31.4 Å². The second kappa shape index (κ2) is 5.52. The van der Waals surface area contributed by atoms with Gasteiger partial charge in [-0.05, 0) is 41.3 Å². The van der Waals surface area contributed by atoms with E-state index in [-0.39, 0.29) is 6.10 Å². The first-order chi connectivity index (χ1) is 9.13. The van der Waals surface area contributed by atoms with E-state index in [9.17, 15) is 5.11 Å². The van der Waals surface area contributed by atoms with E-state index >= 15 is 0 Å². The number of fused-ring (bicyclic) bond motifs is 1. The number of thiophene rings is 1. The number of aliphatic hydroxyl groups is 1. The Bertz CT molecular complexity index is 581. The van der Waals surface area contributed by atoms with Crippen LogP contribution in [0.2, 0.25) is 0 Å². The molecule has 102 valence electrons.